The van der Waals surface area contributed by atoms with E-state index >= 15 is 0 Å². The number of carboxylic acids is 1. The van der Waals surface area contributed by atoms with Crippen molar-refractivity contribution in [3.8, 4) is 0 Å². The predicted octanol–water partition coefficient (Wildman–Crippen LogP) is 3.67. The summed E-state index contributed by atoms with van der Waals surface area (Å²) >= 11 is 5.88. The molecule has 0 aliphatic heterocycles. The number of rotatable bonds is 6. The topological polar surface area (TPSA) is 49.3 Å². The molecular weight excluding hydrogens is 274 g/mol. The van der Waals surface area contributed by atoms with Gasteiger partial charge in [0.15, 0.2) is 0 Å². The van der Waals surface area contributed by atoms with Gasteiger partial charge in [-0.15, -0.1) is 0 Å². The Balaban J connectivity index is 1.83. The summed E-state index contributed by atoms with van der Waals surface area (Å²) in [6, 6.07) is 7.84. The molecule has 20 heavy (non-hydrogen) atoms. The molecule has 110 valence electrons. The summed E-state index contributed by atoms with van der Waals surface area (Å²) in [4.78, 5) is 11.2. The summed E-state index contributed by atoms with van der Waals surface area (Å²) < 4.78 is 0. The molecule has 1 aliphatic rings. The van der Waals surface area contributed by atoms with Crippen molar-refractivity contribution in [3.05, 3.63) is 34.9 Å². The lowest BCUT2D eigenvalue weighted by atomic mass is 9.75. The van der Waals surface area contributed by atoms with E-state index in [1.54, 1.807) is 0 Å². The highest BCUT2D eigenvalue weighted by Gasteiger charge is 2.33. The summed E-state index contributed by atoms with van der Waals surface area (Å²) in [5, 5.41) is 13.3. The monoisotopic (exact) mass is 295 g/mol. The summed E-state index contributed by atoms with van der Waals surface area (Å²) in [5.74, 6) is 0.169. The third-order valence-corrected chi connectivity index (χ3v) is 4.17. The molecule has 1 aromatic rings. The Morgan fingerprint density at radius 2 is 1.95 bits per heavy atom. The van der Waals surface area contributed by atoms with E-state index in [4.69, 9.17) is 11.6 Å². The molecule has 0 amide bonds. The van der Waals surface area contributed by atoms with Crippen molar-refractivity contribution in [1.82, 2.24) is 5.32 Å². The number of carbonyl (C=O) groups is 1. The lowest BCUT2D eigenvalue weighted by Gasteiger charge is -2.38. The zero-order valence-corrected chi connectivity index (χ0v) is 12.7. The van der Waals surface area contributed by atoms with Gasteiger partial charge in [-0.1, -0.05) is 37.6 Å². The molecule has 1 aliphatic carbocycles. The van der Waals surface area contributed by atoms with Crippen LogP contribution in [-0.2, 0) is 4.79 Å². The largest absolute Gasteiger partial charge is 0.480 e. The van der Waals surface area contributed by atoms with Crippen LogP contribution < -0.4 is 5.32 Å². The molecule has 1 aromatic carbocycles. The SMILES string of the molecule is CC(C)CC(NC1CC(c2ccc(Cl)cc2)C1)C(=O)O. The van der Waals surface area contributed by atoms with E-state index in [1.807, 2.05) is 12.1 Å². The van der Waals surface area contributed by atoms with E-state index in [0.717, 1.165) is 17.9 Å². The van der Waals surface area contributed by atoms with Gasteiger partial charge in [-0.25, -0.2) is 0 Å². The van der Waals surface area contributed by atoms with Crippen LogP contribution in [0, 0.1) is 5.92 Å². The maximum absolute atomic E-state index is 11.2. The minimum absolute atomic E-state index is 0.315. The quantitative estimate of drug-likeness (QED) is 0.842. The Morgan fingerprint density at radius 3 is 2.45 bits per heavy atom. The third kappa shape index (κ3) is 3.97. The van der Waals surface area contributed by atoms with Crippen LogP contribution in [0.15, 0.2) is 24.3 Å². The normalized spacial score (nSPS) is 23.4. The standard InChI is InChI=1S/C16H22ClNO2/c1-10(2)7-15(16(19)20)18-14-8-12(9-14)11-3-5-13(17)6-4-11/h3-6,10,12,14-15,18H,7-9H2,1-2H3,(H,19,20). The fourth-order valence-corrected chi connectivity index (χ4v) is 2.88. The highest BCUT2D eigenvalue weighted by Crippen LogP contribution is 2.37. The molecule has 4 heteroatoms. The number of carboxylic acid groups (broad SMARTS) is 1. The number of nitrogens with one attached hydrogen (secondary N) is 1. The van der Waals surface area contributed by atoms with E-state index in [2.05, 4.69) is 31.3 Å². The van der Waals surface area contributed by atoms with E-state index in [1.165, 1.54) is 5.56 Å². The van der Waals surface area contributed by atoms with Gasteiger partial charge in [-0.05, 0) is 48.8 Å². The first-order valence-corrected chi connectivity index (χ1v) is 7.57. The van der Waals surface area contributed by atoms with Gasteiger partial charge in [0.2, 0.25) is 0 Å². The average molecular weight is 296 g/mol. The Bertz CT molecular complexity index is 452. The number of hydrogen-bond acceptors (Lipinski definition) is 2. The second-order valence-electron chi connectivity index (χ2n) is 6.10. The average Bonchev–Trinajstić information content (AvgIpc) is 2.32. The Morgan fingerprint density at radius 1 is 1.35 bits per heavy atom. The number of hydrogen-bond donors (Lipinski definition) is 2. The molecule has 0 saturated heterocycles. The van der Waals surface area contributed by atoms with E-state index in [-0.39, 0.29) is 0 Å². The second kappa shape index (κ2) is 6.59. The molecule has 0 spiro atoms. The van der Waals surface area contributed by atoms with Gasteiger partial charge in [0.1, 0.15) is 6.04 Å². The number of benzene rings is 1. The van der Waals surface area contributed by atoms with E-state index < -0.39 is 12.0 Å². The first-order valence-electron chi connectivity index (χ1n) is 7.20. The van der Waals surface area contributed by atoms with Crippen molar-refractivity contribution in [2.75, 3.05) is 0 Å². The first-order chi connectivity index (χ1) is 9.45. The summed E-state index contributed by atoms with van der Waals surface area (Å²) in [6.45, 7) is 4.10. The van der Waals surface area contributed by atoms with Crippen LogP contribution in [-0.4, -0.2) is 23.2 Å². The molecule has 0 heterocycles. The van der Waals surface area contributed by atoms with Crippen LogP contribution in [0.4, 0.5) is 0 Å². The number of aliphatic carboxylic acids is 1. The zero-order valence-electron chi connectivity index (χ0n) is 12.0. The van der Waals surface area contributed by atoms with E-state index in [0.29, 0.717) is 24.3 Å². The van der Waals surface area contributed by atoms with Gasteiger partial charge < -0.3 is 10.4 Å². The molecule has 2 rings (SSSR count). The zero-order chi connectivity index (χ0) is 14.7. The Hall–Kier alpha value is -1.06. The summed E-state index contributed by atoms with van der Waals surface area (Å²) in [5.41, 5.74) is 1.29. The highest BCUT2D eigenvalue weighted by molar-refractivity contribution is 6.30. The molecule has 0 bridgehead atoms. The van der Waals surface area contributed by atoms with E-state index in [9.17, 15) is 9.90 Å². The van der Waals surface area contributed by atoms with Crippen LogP contribution in [0.5, 0.6) is 0 Å². The maximum Gasteiger partial charge on any atom is 0.320 e. The molecule has 2 N–H and O–H groups in total. The lowest BCUT2D eigenvalue weighted by molar-refractivity contribution is -0.140. The fourth-order valence-electron chi connectivity index (χ4n) is 2.76. The van der Waals surface area contributed by atoms with Crippen LogP contribution in [0.3, 0.4) is 0 Å². The van der Waals surface area contributed by atoms with Crippen molar-refractivity contribution in [2.45, 2.75) is 51.1 Å². The molecule has 1 saturated carbocycles. The Labute approximate surface area is 125 Å². The minimum Gasteiger partial charge on any atom is -0.480 e. The van der Waals surface area contributed by atoms with Crippen molar-refractivity contribution in [2.24, 2.45) is 5.92 Å². The van der Waals surface area contributed by atoms with Gasteiger partial charge in [0.25, 0.3) is 0 Å². The summed E-state index contributed by atoms with van der Waals surface area (Å²) in [6.07, 6.45) is 2.68. The van der Waals surface area contributed by atoms with Crippen LogP contribution in [0.1, 0.15) is 44.6 Å². The smallest absolute Gasteiger partial charge is 0.320 e. The molecular formula is C16H22ClNO2. The fraction of sp³-hybridized carbons (Fsp3) is 0.562. The minimum atomic E-state index is -0.742. The van der Waals surface area contributed by atoms with Crippen molar-refractivity contribution in [3.63, 3.8) is 0 Å². The lowest BCUT2D eigenvalue weighted by Crippen LogP contribution is -2.49. The molecule has 0 radical (unpaired) electrons. The van der Waals surface area contributed by atoms with Crippen LogP contribution >= 0.6 is 11.6 Å². The molecule has 0 aromatic heterocycles. The van der Waals surface area contributed by atoms with Gasteiger partial charge in [0, 0.05) is 11.1 Å². The molecule has 1 atom stereocenters. The van der Waals surface area contributed by atoms with Crippen LogP contribution in [0.25, 0.3) is 0 Å². The number of halogens is 1. The van der Waals surface area contributed by atoms with Gasteiger partial charge >= 0.3 is 5.97 Å². The Kier molecular flexibility index (Phi) is 5.06. The molecule has 1 unspecified atom stereocenters. The van der Waals surface area contributed by atoms with Gasteiger partial charge in [0.05, 0.1) is 0 Å². The van der Waals surface area contributed by atoms with Crippen molar-refractivity contribution < 1.29 is 9.90 Å². The van der Waals surface area contributed by atoms with Crippen LogP contribution in [0.2, 0.25) is 5.02 Å². The van der Waals surface area contributed by atoms with Gasteiger partial charge in [-0.3, -0.25) is 4.79 Å². The summed E-state index contributed by atoms with van der Waals surface area (Å²) in [7, 11) is 0. The molecule has 1 fully saturated rings. The highest BCUT2D eigenvalue weighted by atomic mass is 35.5. The predicted molar refractivity (Wildman–Crippen MR) is 81.2 cm³/mol. The van der Waals surface area contributed by atoms with Crippen molar-refractivity contribution >= 4 is 17.6 Å². The third-order valence-electron chi connectivity index (χ3n) is 3.92. The van der Waals surface area contributed by atoms with Crippen molar-refractivity contribution in [1.29, 1.82) is 0 Å². The first kappa shape index (κ1) is 15.3. The molecule has 3 nitrogen and oxygen atoms in total. The van der Waals surface area contributed by atoms with Gasteiger partial charge in [-0.2, -0.15) is 0 Å². The maximum atomic E-state index is 11.2. The second-order valence-corrected chi connectivity index (χ2v) is 6.54.